The van der Waals surface area contributed by atoms with Crippen LogP contribution in [0.5, 0.6) is 5.75 Å². The van der Waals surface area contributed by atoms with Crippen LogP contribution in [-0.4, -0.2) is 7.11 Å². The van der Waals surface area contributed by atoms with Crippen molar-refractivity contribution in [3.05, 3.63) is 28.2 Å². The first-order chi connectivity index (χ1) is 6.89. The number of benzene rings is 1. The zero-order valence-corrected chi connectivity index (χ0v) is 11.3. The van der Waals surface area contributed by atoms with Crippen molar-refractivity contribution in [2.24, 2.45) is 11.7 Å². The molecule has 2 nitrogen and oxygen atoms in total. The van der Waals surface area contributed by atoms with Crippen LogP contribution in [0.25, 0.3) is 0 Å². The van der Waals surface area contributed by atoms with E-state index in [-0.39, 0.29) is 5.54 Å². The van der Waals surface area contributed by atoms with E-state index in [1.165, 1.54) is 0 Å². The lowest BCUT2D eigenvalue weighted by molar-refractivity contribution is 0.326. The number of rotatable bonds is 3. The molecule has 1 rings (SSSR count). The Bertz CT molecular complexity index is 347. The molecule has 0 aromatic heterocycles. The summed E-state index contributed by atoms with van der Waals surface area (Å²) in [5.74, 6) is 1.19. The van der Waals surface area contributed by atoms with E-state index in [0.29, 0.717) is 5.92 Å². The largest absolute Gasteiger partial charge is 0.496 e. The second-order valence-electron chi connectivity index (χ2n) is 4.28. The van der Waals surface area contributed by atoms with Gasteiger partial charge >= 0.3 is 0 Å². The van der Waals surface area contributed by atoms with Gasteiger partial charge in [0.15, 0.2) is 0 Å². The van der Waals surface area contributed by atoms with E-state index >= 15 is 0 Å². The highest BCUT2D eigenvalue weighted by Crippen LogP contribution is 2.35. The quantitative estimate of drug-likeness (QED) is 0.916. The molecule has 0 aliphatic carbocycles. The average molecular weight is 272 g/mol. The third-order valence-electron chi connectivity index (χ3n) is 2.94. The molecule has 0 saturated heterocycles. The van der Waals surface area contributed by atoms with Gasteiger partial charge in [0.05, 0.1) is 7.11 Å². The van der Waals surface area contributed by atoms with Gasteiger partial charge in [0.1, 0.15) is 5.75 Å². The van der Waals surface area contributed by atoms with E-state index in [4.69, 9.17) is 10.5 Å². The van der Waals surface area contributed by atoms with Gasteiger partial charge in [-0.1, -0.05) is 29.8 Å². The summed E-state index contributed by atoms with van der Waals surface area (Å²) in [7, 11) is 1.67. The zero-order valence-electron chi connectivity index (χ0n) is 9.67. The zero-order chi connectivity index (χ0) is 11.6. The molecular formula is C12H18BrNO. The first-order valence-electron chi connectivity index (χ1n) is 5.02. The average Bonchev–Trinajstić information content (AvgIpc) is 2.17. The van der Waals surface area contributed by atoms with Crippen LogP contribution in [0.2, 0.25) is 0 Å². The molecular weight excluding hydrogens is 254 g/mol. The van der Waals surface area contributed by atoms with Crippen molar-refractivity contribution < 1.29 is 4.74 Å². The molecule has 1 aromatic rings. The van der Waals surface area contributed by atoms with Crippen LogP contribution in [0.3, 0.4) is 0 Å². The standard InChI is InChI=1S/C12H18BrNO/c1-8(2)12(3,14)10-7-9(13)5-6-11(10)15-4/h5-8H,14H2,1-4H3. The Labute approximate surface area is 99.9 Å². The summed E-state index contributed by atoms with van der Waals surface area (Å²) in [6.07, 6.45) is 0. The van der Waals surface area contributed by atoms with E-state index < -0.39 is 0 Å². The van der Waals surface area contributed by atoms with Gasteiger partial charge in [-0.05, 0) is 31.0 Å². The Balaban J connectivity index is 3.28. The van der Waals surface area contributed by atoms with E-state index in [1.54, 1.807) is 7.11 Å². The molecule has 1 unspecified atom stereocenters. The lowest BCUT2D eigenvalue weighted by Gasteiger charge is -2.31. The van der Waals surface area contributed by atoms with E-state index in [1.807, 2.05) is 25.1 Å². The number of methoxy groups -OCH3 is 1. The topological polar surface area (TPSA) is 35.2 Å². The maximum atomic E-state index is 6.33. The second kappa shape index (κ2) is 4.54. The van der Waals surface area contributed by atoms with Crippen LogP contribution in [-0.2, 0) is 5.54 Å². The lowest BCUT2D eigenvalue weighted by Crippen LogP contribution is -2.38. The van der Waals surface area contributed by atoms with Gasteiger partial charge < -0.3 is 10.5 Å². The summed E-state index contributed by atoms with van der Waals surface area (Å²) in [5.41, 5.74) is 6.98. The second-order valence-corrected chi connectivity index (χ2v) is 5.20. The fraction of sp³-hybridized carbons (Fsp3) is 0.500. The Morgan fingerprint density at radius 2 is 2.00 bits per heavy atom. The van der Waals surface area contributed by atoms with Crippen LogP contribution >= 0.6 is 15.9 Å². The molecule has 0 amide bonds. The lowest BCUT2D eigenvalue weighted by atomic mass is 9.82. The third kappa shape index (κ3) is 2.52. The number of halogens is 1. The maximum Gasteiger partial charge on any atom is 0.123 e. The van der Waals surface area contributed by atoms with Crippen molar-refractivity contribution in [1.82, 2.24) is 0 Å². The number of hydrogen-bond acceptors (Lipinski definition) is 2. The molecule has 0 saturated carbocycles. The number of ether oxygens (including phenoxy) is 1. The van der Waals surface area contributed by atoms with Crippen molar-refractivity contribution in [1.29, 1.82) is 0 Å². The van der Waals surface area contributed by atoms with Crippen molar-refractivity contribution >= 4 is 15.9 Å². The van der Waals surface area contributed by atoms with Crippen LogP contribution in [0.15, 0.2) is 22.7 Å². The smallest absolute Gasteiger partial charge is 0.123 e. The predicted molar refractivity (Wildman–Crippen MR) is 67.1 cm³/mol. The van der Waals surface area contributed by atoms with Gasteiger partial charge in [0.2, 0.25) is 0 Å². The molecule has 0 spiro atoms. The highest BCUT2D eigenvalue weighted by Gasteiger charge is 2.28. The van der Waals surface area contributed by atoms with Crippen LogP contribution in [0.4, 0.5) is 0 Å². The summed E-state index contributed by atoms with van der Waals surface area (Å²) in [5, 5.41) is 0. The molecule has 0 aliphatic rings. The van der Waals surface area contributed by atoms with Gasteiger partial charge in [0.25, 0.3) is 0 Å². The van der Waals surface area contributed by atoms with Gasteiger partial charge in [-0.2, -0.15) is 0 Å². The fourth-order valence-corrected chi connectivity index (χ4v) is 1.77. The van der Waals surface area contributed by atoms with Crippen molar-refractivity contribution in [3.8, 4) is 5.75 Å². The predicted octanol–water partition coefficient (Wildman–Crippen LogP) is 3.29. The third-order valence-corrected chi connectivity index (χ3v) is 3.43. The first kappa shape index (κ1) is 12.5. The van der Waals surface area contributed by atoms with Crippen LogP contribution < -0.4 is 10.5 Å². The van der Waals surface area contributed by atoms with Crippen LogP contribution in [0.1, 0.15) is 26.3 Å². The number of hydrogen-bond donors (Lipinski definition) is 1. The van der Waals surface area contributed by atoms with Gasteiger partial charge in [-0.25, -0.2) is 0 Å². The maximum absolute atomic E-state index is 6.33. The molecule has 1 atom stereocenters. The summed E-state index contributed by atoms with van der Waals surface area (Å²) in [6.45, 7) is 6.25. The Morgan fingerprint density at radius 1 is 1.40 bits per heavy atom. The summed E-state index contributed by atoms with van der Waals surface area (Å²) < 4.78 is 6.36. The molecule has 0 fully saturated rings. The SMILES string of the molecule is COc1ccc(Br)cc1C(C)(N)C(C)C. The minimum atomic E-state index is -0.380. The van der Waals surface area contributed by atoms with Gasteiger partial charge in [-0.3, -0.25) is 0 Å². The monoisotopic (exact) mass is 271 g/mol. The number of nitrogens with two attached hydrogens (primary N) is 1. The molecule has 15 heavy (non-hydrogen) atoms. The van der Waals surface area contributed by atoms with E-state index in [9.17, 15) is 0 Å². The molecule has 84 valence electrons. The summed E-state index contributed by atoms with van der Waals surface area (Å²) >= 11 is 3.46. The molecule has 0 aliphatic heterocycles. The minimum absolute atomic E-state index is 0.348. The highest BCUT2D eigenvalue weighted by atomic mass is 79.9. The minimum Gasteiger partial charge on any atom is -0.496 e. The fourth-order valence-electron chi connectivity index (χ4n) is 1.41. The summed E-state index contributed by atoms with van der Waals surface area (Å²) in [6, 6.07) is 5.92. The Kier molecular flexibility index (Phi) is 3.79. The van der Waals surface area contributed by atoms with Gasteiger partial charge in [-0.15, -0.1) is 0 Å². The van der Waals surface area contributed by atoms with E-state index in [2.05, 4.69) is 29.8 Å². The molecule has 1 aromatic carbocycles. The molecule has 2 N–H and O–H groups in total. The normalized spacial score (nSPS) is 15.1. The molecule has 0 bridgehead atoms. The van der Waals surface area contributed by atoms with Gasteiger partial charge in [0, 0.05) is 15.6 Å². The van der Waals surface area contributed by atoms with Crippen molar-refractivity contribution in [2.45, 2.75) is 26.3 Å². The molecule has 0 heterocycles. The molecule has 3 heteroatoms. The highest BCUT2D eigenvalue weighted by molar-refractivity contribution is 9.10. The molecule has 0 radical (unpaired) electrons. The summed E-state index contributed by atoms with van der Waals surface area (Å²) in [4.78, 5) is 0. The Morgan fingerprint density at radius 3 is 2.47 bits per heavy atom. The van der Waals surface area contributed by atoms with E-state index in [0.717, 1.165) is 15.8 Å². The van der Waals surface area contributed by atoms with Crippen molar-refractivity contribution in [2.75, 3.05) is 7.11 Å². The Hall–Kier alpha value is -0.540. The van der Waals surface area contributed by atoms with Crippen LogP contribution in [0, 0.1) is 5.92 Å². The van der Waals surface area contributed by atoms with Crippen molar-refractivity contribution in [3.63, 3.8) is 0 Å². The first-order valence-corrected chi connectivity index (χ1v) is 5.81.